The number of aromatic nitrogens is 2. The first kappa shape index (κ1) is 17.3. The summed E-state index contributed by atoms with van der Waals surface area (Å²) in [5, 5.41) is 4.45. The standard InChI is InChI=1S/C21H28N4O/c1-16-12-17(2)18(19(13-16)25-10-5-8-22-25)14-24-11-7-21(15-24)6-4-9-23(3)20(21)26/h5,8,10,12-13H,4,6-7,9,11,14-15H2,1-3H3/t21-/m1/s1. The Labute approximate surface area is 155 Å². The van der Waals surface area contributed by atoms with E-state index >= 15 is 0 Å². The van der Waals surface area contributed by atoms with Gasteiger partial charge in [0.2, 0.25) is 5.91 Å². The van der Waals surface area contributed by atoms with Crippen LogP contribution in [-0.2, 0) is 11.3 Å². The highest BCUT2D eigenvalue weighted by Gasteiger charge is 2.47. The predicted octanol–water partition coefficient (Wildman–Crippen LogP) is 2.93. The second-order valence-corrected chi connectivity index (χ2v) is 8.10. The molecule has 5 nitrogen and oxygen atoms in total. The van der Waals surface area contributed by atoms with E-state index in [0.29, 0.717) is 5.91 Å². The van der Waals surface area contributed by atoms with Gasteiger partial charge in [-0.15, -0.1) is 0 Å². The van der Waals surface area contributed by atoms with Crippen LogP contribution in [0.2, 0.25) is 0 Å². The summed E-state index contributed by atoms with van der Waals surface area (Å²) in [5.74, 6) is 0.346. The minimum atomic E-state index is -0.155. The minimum Gasteiger partial charge on any atom is -0.345 e. The van der Waals surface area contributed by atoms with Crippen LogP contribution < -0.4 is 0 Å². The summed E-state index contributed by atoms with van der Waals surface area (Å²) in [5.41, 5.74) is 4.85. The Hall–Kier alpha value is -2.14. The molecule has 0 bridgehead atoms. The number of hydrogen-bond acceptors (Lipinski definition) is 3. The van der Waals surface area contributed by atoms with Crippen LogP contribution >= 0.6 is 0 Å². The number of aryl methyl sites for hydroxylation is 2. The molecular weight excluding hydrogens is 324 g/mol. The average Bonchev–Trinajstić information content (AvgIpc) is 3.26. The van der Waals surface area contributed by atoms with E-state index < -0.39 is 0 Å². The maximum atomic E-state index is 12.8. The largest absolute Gasteiger partial charge is 0.345 e. The fourth-order valence-electron chi connectivity index (χ4n) is 4.76. The zero-order chi connectivity index (χ0) is 18.3. The maximum Gasteiger partial charge on any atom is 0.229 e. The van der Waals surface area contributed by atoms with Crippen molar-refractivity contribution in [2.75, 3.05) is 26.7 Å². The van der Waals surface area contributed by atoms with Crippen LogP contribution in [0.1, 0.15) is 36.0 Å². The number of hydrogen-bond donors (Lipinski definition) is 0. The van der Waals surface area contributed by atoms with Gasteiger partial charge >= 0.3 is 0 Å². The molecule has 2 aliphatic heterocycles. The number of amides is 1. The average molecular weight is 352 g/mol. The lowest BCUT2D eigenvalue weighted by atomic mass is 9.78. The van der Waals surface area contributed by atoms with E-state index in [1.165, 1.54) is 16.7 Å². The number of carbonyl (C=O) groups is 1. The van der Waals surface area contributed by atoms with Crippen LogP contribution in [0.15, 0.2) is 30.6 Å². The zero-order valence-corrected chi connectivity index (χ0v) is 16.0. The van der Waals surface area contributed by atoms with E-state index in [1.807, 2.05) is 35.1 Å². The number of rotatable bonds is 3. The van der Waals surface area contributed by atoms with Gasteiger partial charge in [0.25, 0.3) is 0 Å². The molecule has 0 saturated carbocycles. The Kier molecular flexibility index (Phi) is 4.35. The Bertz CT molecular complexity index is 814. The van der Waals surface area contributed by atoms with E-state index in [-0.39, 0.29) is 5.41 Å². The van der Waals surface area contributed by atoms with E-state index in [1.54, 1.807) is 0 Å². The van der Waals surface area contributed by atoms with E-state index in [2.05, 4.69) is 36.0 Å². The van der Waals surface area contributed by atoms with Crippen LogP contribution in [0.25, 0.3) is 5.69 Å². The molecule has 4 rings (SSSR count). The summed E-state index contributed by atoms with van der Waals surface area (Å²) in [6.07, 6.45) is 6.97. The van der Waals surface area contributed by atoms with Crippen molar-refractivity contribution in [3.05, 3.63) is 47.3 Å². The molecule has 0 radical (unpaired) electrons. The fourth-order valence-corrected chi connectivity index (χ4v) is 4.76. The molecule has 138 valence electrons. The lowest BCUT2D eigenvalue weighted by Gasteiger charge is -2.37. The molecule has 1 atom stereocenters. The maximum absolute atomic E-state index is 12.8. The summed E-state index contributed by atoms with van der Waals surface area (Å²) in [6.45, 7) is 7.96. The minimum absolute atomic E-state index is 0.155. The summed E-state index contributed by atoms with van der Waals surface area (Å²) < 4.78 is 1.96. The smallest absolute Gasteiger partial charge is 0.229 e. The Morgan fingerprint density at radius 3 is 2.81 bits per heavy atom. The van der Waals surface area contributed by atoms with Gasteiger partial charge < -0.3 is 4.90 Å². The number of piperidine rings is 1. The lowest BCUT2D eigenvalue weighted by molar-refractivity contribution is -0.143. The Morgan fingerprint density at radius 1 is 1.19 bits per heavy atom. The van der Waals surface area contributed by atoms with E-state index in [4.69, 9.17) is 0 Å². The second-order valence-electron chi connectivity index (χ2n) is 8.10. The molecule has 1 spiro atoms. The highest BCUT2D eigenvalue weighted by Crippen LogP contribution is 2.40. The van der Waals surface area contributed by atoms with Gasteiger partial charge in [0.05, 0.1) is 11.1 Å². The van der Waals surface area contributed by atoms with Crippen molar-refractivity contribution < 1.29 is 4.79 Å². The highest BCUT2D eigenvalue weighted by molar-refractivity contribution is 5.83. The monoisotopic (exact) mass is 352 g/mol. The predicted molar refractivity (Wildman–Crippen MR) is 102 cm³/mol. The van der Waals surface area contributed by atoms with E-state index in [0.717, 1.165) is 51.1 Å². The van der Waals surface area contributed by atoms with Crippen LogP contribution in [0, 0.1) is 19.3 Å². The molecule has 0 aliphatic carbocycles. The van der Waals surface area contributed by atoms with Crippen LogP contribution in [0.3, 0.4) is 0 Å². The van der Waals surface area contributed by atoms with Crippen LogP contribution in [0.5, 0.6) is 0 Å². The van der Waals surface area contributed by atoms with Gasteiger partial charge in [-0.3, -0.25) is 9.69 Å². The van der Waals surface area contributed by atoms with Crippen molar-refractivity contribution in [3.63, 3.8) is 0 Å². The molecular formula is C21H28N4O. The van der Waals surface area contributed by atoms with Gasteiger partial charge in [0.15, 0.2) is 0 Å². The fraction of sp³-hybridized carbons (Fsp3) is 0.524. The molecule has 2 aromatic rings. The van der Waals surface area contributed by atoms with Gasteiger partial charge in [-0.2, -0.15) is 5.10 Å². The third-order valence-corrected chi connectivity index (χ3v) is 6.11. The van der Waals surface area contributed by atoms with Gasteiger partial charge in [-0.1, -0.05) is 6.07 Å². The van der Waals surface area contributed by atoms with Gasteiger partial charge in [-0.05, 0) is 68.5 Å². The van der Waals surface area contributed by atoms with Crippen molar-refractivity contribution in [2.45, 2.75) is 39.7 Å². The first-order chi connectivity index (χ1) is 12.5. The second kappa shape index (κ2) is 6.54. The lowest BCUT2D eigenvalue weighted by Crippen LogP contribution is -2.48. The molecule has 2 fully saturated rings. The summed E-state index contributed by atoms with van der Waals surface area (Å²) in [4.78, 5) is 17.2. The Balaban J connectivity index is 1.60. The zero-order valence-electron chi connectivity index (χ0n) is 16.0. The number of carbonyl (C=O) groups excluding carboxylic acids is 1. The Morgan fingerprint density at radius 2 is 2.04 bits per heavy atom. The van der Waals surface area contributed by atoms with Crippen LogP contribution in [-0.4, -0.2) is 52.2 Å². The van der Waals surface area contributed by atoms with Crippen molar-refractivity contribution in [1.29, 1.82) is 0 Å². The molecule has 1 aromatic carbocycles. The molecule has 2 saturated heterocycles. The third kappa shape index (κ3) is 2.94. The first-order valence-corrected chi connectivity index (χ1v) is 9.57. The third-order valence-electron chi connectivity index (χ3n) is 6.11. The number of nitrogens with zero attached hydrogens (tertiary/aromatic N) is 4. The van der Waals surface area contributed by atoms with Crippen molar-refractivity contribution in [2.24, 2.45) is 5.41 Å². The topological polar surface area (TPSA) is 41.4 Å². The normalized spacial score (nSPS) is 24.0. The van der Waals surface area contributed by atoms with Gasteiger partial charge in [-0.25, -0.2) is 4.68 Å². The molecule has 2 aliphatic rings. The molecule has 3 heterocycles. The van der Waals surface area contributed by atoms with E-state index in [9.17, 15) is 4.79 Å². The summed E-state index contributed by atoms with van der Waals surface area (Å²) in [6, 6.07) is 6.41. The summed E-state index contributed by atoms with van der Waals surface area (Å²) >= 11 is 0. The van der Waals surface area contributed by atoms with Gasteiger partial charge in [0.1, 0.15) is 0 Å². The SMILES string of the molecule is Cc1cc(C)c(CN2CC[C@]3(CCCN(C)C3=O)C2)c(-n2cccn2)c1. The highest BCUT2D eigenvalue weighted by atomic mass is 16.2. The molecule has 1 aromatic heterocycles. The molecule has 0 unspecified atom stereocenters. The van der Waals surface area contributed by atoms with Crippen molar-refractivity contribution >= 4 is 5.91 Å². The number of likely N-dealkylation sites (tertiary alicyclic amines) is 2. The van der Waals surface area contributed by atoms with Gasteiger partial charge in [0, 0.05) is 39.1 Å². The van der Waals surface area contributed by atoms with Crippen molar-refractivity contribution in [1.82, 2.24) is 19.6 Å². The molecule has 26 heavy (non-hydrogen) atoms. The number of benzene rings is 1. The quantitative estimate of drug-likeness (QED) is 0.853. The molecule has 5 heteroatoms. The molecule has 1 amide bonds. The first-order valence-electron chi connectivity index (χ1n) is 9.57. The van der Waals surface area contributed by atoms with Crippen LogP contribution in [0.4, 0.5) is 0 Å². The van der Waals surface area contributed by atoms with Crippen molar-refractivity contribution in [3.8, 4) is 5.69 Å². The summed E-state index contributed by atoms with van der Waals surface area (Å²) in [7, 11) is 1.95. The molecule has 0 N–H and O–H groups in total.